The predicted molar refractivity (Wildman–Crippen MR) is 182 cm³/mol. The maximum Gasteiger partial charge on any atom is 0.410 e. The molecule has 12 nitrogen and oxygen atoms in total. The summed E-state index contributed by atoms with van der Waals surface area (Å²) in [5.41, 5.74) is 2.33. The average Bonchev–Trinajstić information content (AvgIpc) is 3.56. The fourth-order valence-electron chi connectivity index (χ4n) is 5.30. The van der Waals surface area contributed by atoms with E-state index in [9.17, 15) is 14.3 Å². The normalized spacial score (nSPS) is 18.3. The Balaban J connectivity index is 1.45. The van der Waals surface area contributed by atoms with Gasteiger partial charge in [-0.25, -0.2) is 18.4 Å². The van der Waals surface area contributed by atoms with Crippen LogP contribution in [0.5, 0.6) is 5.75 Å². The first-order valence-corrected chi connectivity index (χ1v) is 19.3. The molecule has 1 unspecified atom stereocenters. The number of hydrogen-bond acceptors (Lipinski definition) is 9. The average molecular weight is 702 g/mol. The number of likely N-dealkylation sites (tertiary alicyclic amines) is 1. The third kappa shape index (κ3) is 7.66. The molecule has 1 aliphatic rings. The van der Waals surface area contributed by atoms with E-state index in [0.29, 0.717) is 51.9 Å². The van der Waals surface area contributed by atoms with Crippen LogP contribution in [0.1, 0.15) is 71.5 Å². The summed E-state index contributed by atoms with van der Waals surface area (Å²) in [7, 11) is -2.19. The molecule has 1 fully saturated rings. The van der Waals surface area contributed by atoms with Crippen molar-refractivity contribution in [1.29, 1.82) is 0 Å². The summed E-state index contributed by atoms with van der Waals surface area (Å²) in [5.74, 6) is -0.0464. The molecule has 260 valence electrons. The molecule has 1 saturated heterocycles. The van der Waals surface area contributed by atoms with E-state index in [1.165, 1.54) is 17.2 Å². The summed E-state index contributed by atoms with van der Waals surface area (Å²) in [6.07, 6.45) is 2.91. The fourth-order valence-corrected chi connectivity index (χ4v) is 6.52. The zero-order chi connectivity index (χ0) is 35.2. The van der Waals surface area contributed by atoms with Crippen LogP contribution in [0.3, 0.4) is 0 Å². The van der Waals surface area contributed by atoms with Gasteiger partial charge in [0.05, 0.1) is 54.1 Å². The number of carbonyl (C=O) groups excluding carboxylic acids is 1. The number of nitrogens with zero attached hydrogens (tertiary/aromatic N) is 7. The molecule has 3 atom stereocenters. The number of aromatic nitrogens is 6. The summed E-state index contributed by atoms with van der Waals surface area (Å²) >= 11 is 6.61. The van der Waals surface area contributed by atoms with E-state index in [1.54, 1.807) is 21.5 Å². The van der Waals surface area contributed by atoms with Crippen molar-refractivity contribution in [3.63, 3.8) is 0 Å². The van der Waals surface area contributed by atoms with Crippen LogP contribution >= 0.6 is 11.6 Å². The molecule has 0 saturated carbocycles. The van der Waals surface area contributed by atoms with Crippen molar-refractivity contribution in [2.75, 3.05) is 19.7 Å². The first-order chi connectivity index (χ1) is 22.3. The molecule has 15 heteroatoms. The van der Waals surface area contributed by atoms with Gasteiger partial charge in [-0.3, -0.25) is 4.98 Å². The van der Waals surface area contributed by atoms with Crippen LogP contribution in [0, 0.1) is 12.7 Å². The van der Waals surface area contributed by atoms with Crippen LogP contribution in [-0.4, -0.2) is 85.4 Å². The Morgan fingerprint density at radius 3 is 2.54 bits per heavy atom. The van der Waals surface area contributed by atoms with Crippen LogP contribution in [0.15, 0.2) is 36.8 Å². The molecule has 0 bridgehead atoms. The maximum absolute atomic E-state index is 13.9. The third-order valence-corrected chi connectivity index (χ3v) is 13.8. The lowest BCUT2D eigenvalue weighted by molar-refractivity contribution is -0.0123. The SMILES string of the molecule is Cc1c(-c2cc(OC(CO[Si](C)(C)C(C)(C)C)c3ccc(F)cn3)c3c(Cl)cnn3c2)nnn1[C@H]1CCN(C(=O)OC(C)(C)C)C[C@@H]1O. The van der Waals surface area contributed by atoms with E-state index in [4.69, 9.17) is 25.5 Å². The molecule has 0 aliphatic carbocycles. The first-order valence-electron chi connectivity index (χ1n) is 16.0. The molecule has 1 N–H and O–H groups in total. The van der Waals surface area contributed by atoms with Gasteiger partial charge >= 0.3 is 6.09 Å². The lowest BCUT2D eigenvalue weighted by atomic mass is 10.0. The van der Waals surface area contributed by atoms with E-state index in [0.717, 1.165) is 6.20 Å². The molecule has 4 aromatic rings. The Morgan fingerprint density at radius 1 is 1.19 bits per heavy atom. The van der Waals surface area contributed by atoms with Gasteiger partial charge < -0.3 is 23.9 Å². The van der Waals surface area contributed by atoms with Gasteiger partial charge in [-0.05, 0) is 70.4 Å². The lowest BCUT2D eigenvalue weighted by Gasteiger charge is -2.37. The number of hydrogen-bond donors (Lipinski definition) is 1. The fraction of sp³-hybridized carbons (Fsp3) is 0.545. The molecule has 5 heterocycles. The Bertz CT molecular complexity index is 1770. The number of aliphatic hydroxyl groups is 1. The van der Waals surface area contributed by atoms with E-state index >= 15 is 0 Å². The Morgan fingerprint density at radius 2 is 1.92 bits per heavy atom. The number of ether oxygens (including phenoxy) is 2. The van der Waals surface area contributed by atoms with E-state index in [2.05, 4.69) is 54.3 Å². The predicted octanol–water partition coefficient (Wildman–Crippen LogP) is 6.77. The monoisotopic (exact) mass is 701 g/mol. The zero-order valence-electron chi connectivity index (χ0n) is 29.0. The quantitative estimate of drug-likeness (QED) is 0.198. The number of fused-ring (bicyclic) bond motifs is 1. The van der Waals surface area contributed by atoms with Crippen molar-refractivity contribution < 1.29 is 28.2 Å². The number of β-amino-alcohol motifs (C(OH)–C–C–N with tert-alkyl or cyclic N) is 1. The Kier molecular flexibility index (Phi) is 9.95. The van der Waals surface area contributed by atoms with Crippen LogP contribution < -0.4 is 4.74 Å². The largest absolute Gasteiger partial charge is 0.479 e. The summed E-state index contributed by atoms with van der Waals surface area (Å²) < 4.78 is 35.9. The minimum atomic E-state index is -2.19. The highest BCUT2D eigenvalue weighted by Gasteiger charge is 2.39. The highest BCUT2D eigenvalue weighted by molar-refractivity contribution is 6.74. The summed E-state index contributed by atoms with van der Waals surface area (Å²) in [4.78, 5) is 18.4. The van der Waals surface area contributed by atoms with Crippen molar-refractivity contribution in [2.45, 2.75) is 96.9 Å². The van der Waals surface area contributed by atoms with Gasteiger partial charge in [-0.1, -0.05) is 37.6 Å². The summed E-state index contributed by atoms with van der Waals surface area (Å²) in [6.45, 7) is 18.8. The zero-order valence-corrected chi connectivity index (χ0v) is 30.7. The second kappa shape index (κ2) is 13.4. The smallest absolute Gasteiger partial charge is 0.410 e. The van der Waals surface area contributed by atoms with Gasteiger partial charge in [0.1, 0.15) is 28.4 Å². The topological polar surface area (TPSA) is 129 Å². The Labute approximate surface area is 286 Å². The number of carbonyl (C=O) groups is 1. The molecule has 4 aromatic heterocycles. The molecule has 1 amide bonds. The molecule has 0 aromatic carbocycles. The van der Waals surface area contributed by atoms with Crippen molar-refractivity contribution in [2.24, 2.45) is 0 Å². The number of pyridine rings is 2. The van der Waals surface area contributed by atoms with Crippen molar-refractivity contribution in [1.82, 2.24) is 34.5 Å². The number of aliphatic hydroxyl groups excluding tert-OH is 1. The minimum absolute atomic E-state index is 0.0427. The van der Waals surface area contributed by atoms with Gasteiger partial charge in [0, 0.05) is 18.3 Å². The van der Waals surface area contributed by atoms with Gasteiger partial charge in [-0.2, -0.15) is 5.10 Å². The second-order valence-corrected chi connectivity index (χ2v) is 20.0. The van der Waals surface area contributed by atoms with Crippen molar-refractivity contribution >= 4 is 31.5 Å². The number of piperidine rings is 1. The van der Waals surface area contributed by atoms with Crippen LogP contribution in [0.2, 0.25) is 23.2 Å². The van der Waals surface area contributed by atoms with E-state index < -0.39 is 44.1 Å². The summed E-state index contributed by atoms with van der Waals surface area (Å²) in [6, 6.07) is 4.35. The van der Waals surface area contributed by atoms with Crippen LogP contribution in [0.25, 0.3) is 16.8 Å². The van der Waals surface area contributed by atoms with Crippen molar-refractivity contribution in [3.8, 4) is 17.0 Å². The standard InChI is InChI=1S/C33H45ClFN7O5Si/c1-20-29(38-39-42(20)25-12-13-40(18-26(25)43)31(44)47-32(2,3)4)21-14-27(30-23(34)16-37-41(30)17-21)46-28(24-11-10-22(35)15-36-24)19-45-48(8,9)33(5,6)7/h10-11,14-17,25-26,28,43H,12-13,18-19H2,1-9H3/t25-,26-,28?/m0/s1. The van der Waals surface area contributed by atoms with Crippen molar-refractivity contribution in [3.05, 3.63) is 59.0 Å². The van der Waals surface area contributed by atoms with E-state index in [1.807, 2.05) is 33.8 Å². The van der Waals surface area contributed by atoms with Gasteiger partial charge in [0.2, 0.25) is 0 Å². The first kappa shape index (κ1) is 35.7. The number of rotatable bonds is 8. The minimum Gasteiger partial charge on any atom is -0.479 e. The maximum atomic E-state index is 13.9. The second-order valence-electron chi connectivity index (χ2n) is 14.8. The molecular formula is C33H45ClFN7O5Si. The van der Waals surface area contributed by atoms with Crippen LogP contribution in [-0.2, 0) is 9.16 Å². The van der Waals surface area contributed by atoms with Gasteiger partial charge in [-0.15, -0.1) is 5.10 Å². The van der Waals surface area contributed by atoms with E-state index in [-0.39, 0.29) is 18.2 Å². The van der Waals surface area contributed by atoms with Gasteiger partial charge in [0.15, 0.2) is 14.4 Å². The molecule has 0 radical (unpaired) electrons. The highest BCUT2D eigenvalue weighted by atomic mass is 35.5. The molecule has 0 spiro atoms. The third-order valence-electron chi connectivity index (χ3n) is 9.00. The highest BCUT2D eigenvalue weighted by Crippen LogP contribution is 2.39. The Hall–Kier alpha value is -3.59. The lowest BCUT2D eigenvalue weighted by Crippen LogP contribution is -2.49. The molecule has 5 rings (SSSR count). The number of amides is 1. The molecular weight excluding hydrogens is 657 g/mol. The van der Waals surface area contributed by atoms with Crippen LogP contribution in [0.4, 0.5) is 9.18 Å². The van der Waals surface area contributed by atoms with Gasteiger partial charge in [0.25, 0.3) is 0 Å². The molecule has 48 heavy (non-hydrogen) atoms. The number of halogens is 2. The summed E-state index contributed by atoms with van der Waals surface area (Å²) in [5, 5.41) is 24.8. The molecule has 1 aliphatic heterocycles.